The van der Waals surface area contributed by atoms with Gasteiger partial charge in [0.25, 0.3) is 0 Å². The number of carboxylic acid groups (broad SMARTS) is 1. The Kier molecular flexibility index (Phi) is 4.22. The average molecular weight is 280 g/mol. The Labute approximate surface area is 116 Å². The normalized spacial score (nSPS) is 16.0. The fraction of sp³-hybridized carbons (Fsp3) is 0.429. The molecule has 0 unspecified atom stereocenters. The van der Waals surface area contributed by atoms with Crippen LogP contribution in [0.2, 0.25) is 0 Å². The van der Waals surface area contributed by atoms with Crippen LogP contribution < -0.4 is 5.32 Å². The maximum Gasteiger partial charge on any atom is 0.338 e. The van der Waals surface area contributed by atoms with Gasteiger partial charge in [0, 0.05) is 18.8 Å². The number of aromatic carboxylic acids is 1. The molecule has 2 rings (SSSR count). The average Bonchev–Trinajstić information content (AvgIpc) is 2.41. The van der Waals surface area contributed by atoms with Gasteiger partial charge in [-0.1, -0.05) is 6.92 Å². The molecule has 5 nitrogen and oxygen atoms in total. The zero-order valence-corrected chi connectivity index (χ0v) is 11.2. The van der Waals surface area contributed by atoms with E-state index in [9.17, 15) is 14.0 Å². The number of likely N-dealkylation sites (tertiary alicyclic amines) is 1. The van der Waals surface area contributed by atoms with Gasteiger partial charge in [-0.05, 0) is 37.0 Å². The lowest BCUT2D eigenvalue weighted by Crippen LogP contribution is -2.40. The molecule has 0 spiro atoms. The van der Waals surface area contributed by atoms with Gasteiger partial charge in [0.05, 0.1) is 5.56 Å². The minimum absolute atomic E-state index is 0.278. The number of carbonyl (C=O) groups excluding carboxylic acids is 1. The van der Waals surface area contributed by atoms with Crippen molar-refractivity contribution in [1.29, 1.82) is 0 Å². The van der Waals surface area contributed by atoms with E-state index in [-0.39, 0.29) is 11.7 Å². The standard InChI is InChI=1S/C14H17FN2O3/c1-9-4-6-17(7-5-9)14(20)16-10-2-3-12(15)11(8-10)13(18)19/h2-3,8-9H,4-7H2,1H3,(H,16,20)(H,18,19). The number of hydrogen-bond donors (Lipinski definition) is 2. The number of nitrogens with zero attached hydrogens (tertiary/aromatic N) is 1. The van der Waals surface area contributed by atoms with Crippen molar-refractivity contribution < 1.29 is 19.1 Å². The molecule has 2 N–H and O–H groups in total. The van der Waals surface area contributed by atoms with E-state index in [0.29, 0.717) is 19.0 Å². The molecule has 1 aromatic rings. The quantitative estimate of drug-likeness (QED) is 0.875. The smallest absolute Gasteiger partial charge is 0.338 e. The van der Waals surface area contributed by atoms with E-state index in [1.807, 2.05) is 0 Å². The molecule has 1 aromatic carbocycles. The molecular formula is C14H17FN2O3. The highest BCUT2D eigenvalue weighted by Gasteiger charge is 2.20. The molecule has 0 radical (unpaired) electrons. The molecule has 0 aromatic heterocycles. The molecule has 2 amide bonds. The summed E-state index contributed by atoms with van der Waals surface area (Å²) in [5.74, 6) is -1.56. The second-order valence-electron chi connectivity index (χ2n) is 5.10. The summed E-state index contributed by atoms with van der Waals surface area (Å²) in [7, 11) is 0. The number of amides is 2. The van der Waals surface area contributed by atoms with Crippen LogP contribution >= 0.6 is 0 Å². The number of benzene rings is 1. The molecular weight excluding hydrogens is 263 g/mol. The number of piperidine rings is 1. The number of nitrogens with one attached hydrogen (secondary N) is 1. The van der Waals surface area contributed by atoms with Crippen LogP contribution in [0.15, 0.2) is 18.2 Å². The Morgan fingerprint density at radius 3 is 2.60 bits per heavy atom. The van der Waals surface area contributed by atoms with Crippen LogP contribution in [0.25, 0.3) is 0 Å². The summed E-state index contributed by atoms with van der Waals surface area (Å²) in [6.45, 7) is 3.51. The van der Waals surface area contributed by atoms with Crippen LogP contribution in [0.1, 0.15) is 30.1 Å². The van der Waals surface area contributed by atoms with Gasteiger partial charge in [0.2, 0.25) is 0 Å². The lowest BCUT2D eigenvalue weighted by Gasteiger charge is -2.30. The van der Waals surface area contributed by atoms with Crippen molar-refractivity contribution in [1.82, 2.24) is 4.90 Å². The Bertz CT molecular complexity index is 525. The van der Waals surface area contributed by atoms with E-state index in [2.05, 4.69) is 12.2 Å². The maximum atomic E-state index is 13.3. The van der Waals surface area contributed by atoms with Crippen molar-refractivity contribution in [3.63, 3.8) is 0 Å². The highest BCUT2D eigenvalue weighted by Crippen LogP contribution is 2.19. The van der Waals surface area contributed by atoms with Crippen LogP contribution in [-0.4, -0.2) is 35.1 Å². The number of anilines is 1. The first-order valence-corrected chi connectivity index (χ1v) is 6.56. The molecule has 1 heterocycles. The zero-order chi connectivity index (χ0) is 14.7. The minimum Gasteiger partial charge on any atom is -0.478 e. The summed E-state index contributed by atoms with van der Waals surface area (Å²) in [4.78, 5) is 24.5. The number of rotatable bonds is 2. The number of hydrogen-bond acceptors (Lipinski definition) is 2. The predicted molar refractivity (Wildman–Crippen MR) is 72.3 cm³/mol. The second-order valence-corrected chi connectivity index (χ2v) is 5.10. The summed E-state index contributed by atoms with van der Waals surface area (Å²) in [5, 5.41) is 11.4. The summed E-state index contributed by atoms with van der Waals surface area (Å²) in [6.07, 6.45) is 1.91. The summed E-state index contributed by atoms with van der Waals surface area (Å²) in [5.41, 5.74) is -0.164. The summed E-state index contributed by atoms with van der Waals surface area (Å²) < 4.78 is 13.3. The molecule has 108 valence electrons. The first kappa shape index (κ1) is 14.3. The fourth-order valence-electron chi connectivity index (χ4n) is 2.18. The van der Waals surface area contributed by atoms with Crippen LogP contribution in [0.3, 0.4) is 0 Å². The van der Waals surface area contributed by atoms with Crippen molar-refractivity contribution in [3.8, 4) is 0 Å². The van der Waals surface area contributed by atoms with Gasteiger partial charge in [-0.15, -0.1) is 0 Å². The molecule has 20 heavy (non-hydrogen) atoms. The van der Waals surface area contributed by atoms with E-state index in [1.54, 1.807) is 4.90 Å². The van der Waals surface area contributed by atoms with Gasteiger partial charge in [-0.3, -0.25) is 0 Å². The molecule has 0 atom stereocenters. The lowest BCUT2D eigenvalue weighted by molar-refractivity contribution is 0.0692. The maximum absolute atomic E-state index is 13.3. The van der Waals surface area contributed by atoms with Crippen molar-refractivity contribution in [2.24, 2.45) is 5.92 Å². The zero-order valence-electron chi connectivity index (χ0n) is 11.2. The molecule has 1 aliphatic rings. The van der Waals surface area contributed by atoms with Crippen molar-refractivity contribution in [2.45, 2.75) is 19.8 Å². The SMILES string of the molecule is CC1CCN(C(=O)Nc2ccc(F)c(C(=O)O)c2)CC1. The molecule has 1 saturated heterocycles. The Balaban J connectivity index is 2.04. The third-order valence-corrected chi connectivity index (χ3v) is 3.52. The minimum atomic E-state index is -1.36. The van der Waals surface area contributed by atoms with E-state index < -0.39 is 17.3 Å². The van der Waals surface area contributed by atoms with Crippen LogP contribution in [0.4, 0.5) is 14.9 Å². The predicted octanol–water partition coefficient (Wildman–Crippen LogP) is 2.79. The third kappa shape index (κ3) is 3.26. The molecule has 0 aliphatic carbocycles. The van der Waals surface area contributed by atoms with Crippen molar-refractivity contribution in [3.05, 3.63) is 29.6 Å². The summed E-state index contributed by atoms with van der Waals surface area (Å²) in [6, 6.07) is 3.24. The van der Waals surface area contributed by atoms with Gasteiger partial charge in [-0.2, -0.15) is 0 Å². The number of urea groups is 1. The Morgan fingerprint density at radius 2 is 2.00 bits per heavy atom. The van der Waals surface area contributed by atoms with Gasteiger partial charge < -0.3 is 15.3 Å². The van der Waals surface area contributed by atoms with Crippen molar-refractivity contribution >= 4 is 17.7 Å². The lowest BCUT2D eigenvalue weighted by atomic mass is 10.00. The van der Waals surface area contributed by atoms with Crippen molar-refractivity contribution in [2.75, 3.05) is 18.4 Å². The molecule has 0 bridgehead atoms. The molecule has 6 heteroatoms. The molecule has 1 aliphatic heterocycles. The number of carboxylic acids is 1. The van der Waals surface area contributed by atoms with E-state index >= 15 is 0 Å². The van der Waals surface area contributed by atoms with Gasteiger partial charge >= 0.3 is 12.0 Å². The summed E-state index contributed by atoms with van der Waals surface area (Å²) >= 11 is 0. The molecule has 1 fully saturated rings. The molecule has 0 saturated carbocycles. The highest BCUT2D eigenvalue weighted by atomic mass is 19.1. The van der Waals surface area contributed by atoms with Gasteiger partial charge in [-0.25, -0.2) is 14.0 Å². The largest absolute Gasteiger partial charge is 0.478 e. The van der Waals surface area contributed by atoms with Crippen LogP contribution in [0, 0.1) is 11.7 Å². The fourth-order valence-corrected chi connectivity index (χ4v) is 2.18. The van der Waals surface area contributed by atoms with E-state index in [4.69, 9.17) is 5.11 Å². The van der Waals surface area contributed by atoms with Gasteiger partial charge in [0.15, 0.2) is 0 Å². The van der Waals surface area contributed by atoms with Crippen LogP contribution in [0.5, 0.6) is 0 Å². The number of carbonyl (C=O) groups is 2. The first-order chi connectivity index (χ1) is 9.47. The van der Waals surface area contributed by atoms with E-state index in [1.165, 1.54) is 6.07 Å². The Morgan fingerprint density at radius 1 is 1.35 bits per heavy atom. The number of halogens is 1. The highest BCUT2D eigenvalue weighted by molar-refractivity contribution is 5.93. The first-order valence-electron chi connectivity index (χ1n) is 6.56. The topological polar surface area (TPSA) is 69.6 Å². The Hall–Kier alpha value is -2.11. The van der Waals surface area contributed by atoms with Crippen LogP contribution in [-0.2, 0) is 0 Å². The van der Waals surface area contributed by atoms with E-state index in [0.717, 1.165) is 25.0 Å². The monoisotopic (exact) mass is 280 g/mol. The van der Waals surface area contributed by atoms with Gasteiger partial charge in [0.1, 0.15) is 5.82 Å². The second kappa shape index (κ2) is 5.90. The third-order valence-electron chi connectivity index (χ3n) is 3.52.